The van der Waals surface area contributed by atoms with Crippen molar-refractivity contribution in [3.63, 3.8) is 0 Å². The standard InChI is InChI=1S/C15H11NO6S2/c1-3-10(19)21-6-7-22-14(20)11(16-2)15-23-12-8(17)4-5-9(18)13(12)24-15/h3-5,17-18H,1,6-7H2. The third-order valence-electron chi connectivity index (χ3n) is 2.69. The number of hydrogen-bond donors (Lipinski definition) is 2. The van der Waals surface area contributed by atoms with Gasteiger partial charge in [-0.1, -0.05) is 30.1 Å². The van der Waals surface area contributed by atoms with Crippen LogP contribution in [0.1, 0.15) is 0 Å². The van der Waals surface area contributed by atoms with Crippen molar-refractivity contribution in [3.8, 4) is 11.5 Å². The van der Waals surface area contributed by atoms with Crippen LogP contribution in [0.5, 0.6) is 11.5 Å². The maximum atomic E-state index is 12.0. The second-order valence-electron chi connectivity index (χ2n) is 4.22. The van der Waals surface area contributed by atoms with Gasteiger partial charge in [-0.05, 0) is 12.1 Å². The third-order valence-corrected chi connectivity index (χ3v) is 5.31. The van der Waals surface area contributed by atoms with E-state index in [0.717, 1.165) is 29.6 Å². The summed E-state index contributed by atoms with van der Waals surface area (Å²) in [5.41, 5.74) is -0.268. The Hall–Kier alpha value is -2.57. The van der Waals surface area contributed by atoms with E-state index in [1.54, 1.807) is 0 Å². The SMILES string of the molecule is [C-]#[N+]C(C(=O)OCCOC(=O)C=C)=C1Sc2c(O)ccc(O)c2S1. The molecule has 0 bridgehead atoms. The van der Waals surface area contributed by atoms with Crippen LogP contribution in [-0.2, 0) is 19.1 Å². The normalized spacial score (nSPS) is 12.0. The Bertz CT molecular complexity index is 748. The van der Waals surface area contributed by atoms with E-state index in [9.17, 15) is 19.8 Å². The Balaban J connectivity index is 2.08. The number of rotatable bonds is 5. The first-order valence-corrected chi connectivity index (χ1v) is 8.10. The van der Waals surface area contributed by atoms with Crippen molar-refractivity contribution in [1.82, 2.24) is 0 Å². The Labute approximate surface area is 145 Å². The monoisotopic (exact) mass is 365 g/mol. The number of fused-ring (bicyclic) bond motifs is 1. The highest BCUT2D eigenvalue weighted by atomic mass is 32.2. The average Bonchev–Trinajstić information content (AvgIpc) is 3.01. The molecule has 0 fully saturated rings. The third kappa shape index (κ3) is 3.84. The van der Waals surface area contributed by atoms with Crippen LogP contribution >= 0.6 is 23.5 Å². The summed E-state index contributed by atoms with van der Waals surface area (Å²) < 4.78 is 9.84. The van der Waals surface area contributed by atoms with Crippen LogP contribution in [0.3, 0.4) is 0 Å². The highest BCUT2D eigenvalue weighted by molar-refractivity contribution is 8.24. The fraction of sp³-hybridized carbons (Fsp3) is 0.133. The number of aromatic hydroxyl groups is 2. The number of thioether (sulfide) groups is 2. The van der Waals surface area contributed by atoms with Gasteiger partial charge in [-0.3, -0.25) is 4.79 Å². The van der Waals surface area contributed by atoms with Crippen molar-refractivity contribution >= 4 is 35.5 Å². The molecule has 0 aliphatic carbocycles. The molecule has 0 aromatic heterocycles. The highest BCUT2D eigenvalue weighted by Crippen LogP contribution is 2.58. The van der Waals surface area contributed by atoms with E-state index in [1.165, 1.54) is 12.1 Å². The van der Waals surface area contributed by atoms with E-state index in [1.807, 2.05) is 0 Å². The number of carbonyl (C=O) groups is 2. The van der Waals surface area contributed by atoms with Gasteiger partial charge >= 0.3 is 11.9 Å². The topological polar surface area (TPSA) is 97.4 Å². The first kappa shape index (κ1) is 17.8. The van der Waals surface area contributed by atoms with Crippen LogP contribution in [0.4, 0.5) is 0 Å². The van der Waals surface area contributed by atoms with Crippen molar-refractivity contribution < 1.29 is 29.3 Å². The summed E-state index contributed by atoms with van der Waals surface area (Å²) >= 11 is 2.01. The van der Waals surface area contributed by atoms with Crippen molar-refractivity contribution in [2.75, 3.05) is 13.2 Å². The number of ether oxygens (including phenoxy) is 2. The fourth-order valence-electron chi connectivity index (χ4n) is 1.62. The van der Waals surface area contributed by atoms with Crippen molar-refractivity contribution in [1.29, 1.82) is 0 Å². The average molecular weight is 365 g/mol. The number of hydrogen-bond acceptors (Lipinski definition) is 8. The first-order valence-electron chi connectivity index (χ1n) is 6.46. The summed E-state index contributed by atoms with van der Waals surface area (Å²) in [4.78, 5) is 26.8. The zero-order chi connectivity index (χ0) is 17.7. The Morgan fingerprint density at radius 3 is 2.21 bits per heavy atom. The molecule has 9 heteroatoms. The minimum Gasteiger partial charge on any atom is -0.507 e. The highest BCUT2D eigenvalue weighted by Gasteiger charge is 2.29. The number of nitrogens with zero attached hydrogens (tertiary/aromatic N) is 1. The number of benzene rings is 1. The molecule has 124 valence electrons. The molecule has 0 saturated carbocycles. The Morgan fingerprint density at radius 2 is 1.71 bits per heavy atom. The molecule has 2 rings (SSSR count). The lowest BCUT2D eigenvalue weighted by Crippen LogP contribution is -2.13. The van der Waals surface area contributed by atoms with Gasteiger partial charge in [0, 0.05) is 6.08 Å². The van der Waals surface area contributed by atoms with Gasteiger partial charge in [0.25, 0.3) is 5.70 Å². The van der Waals surface area contributed by atoms with E-state index in [4.69, 9.17) is 11.3 Å². The summed E-state index contributed by atoms with van der Waals surface area (Å²) in [6, 6.07) is 2.66. The Morgan fingerprint density at radius 1 is 1.17 bits per heavy atom. The minimum atomic E-state index is -0.874. The molecule has 0 radical (unpaired) electrons. The van der Waals surface area contributed by atoms with Crippen molar-refractivity contribution in [2.45, 2.75) is 9.79 Å². The first-order chi connectivity index (χ1) is 11.5. The quantitative estimate of drug-likeness (QED) is 0.270. The largest absolute Gasteiger partial charge is 0.507 e. The van der Waals surface area contributed by atoms with E-state index in [-0.39, 0.29) is 30.4 Å². The molecule has 0 amide bonds. The van der Waals surface area contributed by atoms with Gasteiger partial charge in [0.15, 0.2) is 0 Å². The summed E-state index contributed by atoms with van der Waals surface area (Å²) in [5, 5.41) is 19.6. The zero-order valence-electron chi connectivity index (χ0n) is 12.1. The summed E-state index contributed by atoms with van der Waals surface area (Å²) in [6.45, 7) is 10.0. The van der Waals surface area contributed by atoms with E-state index in [0.29, 0.717) is 14.0 Å². The number of esters is 2. The summed E-state index contributed by atoms with van der Waals surface area (Å²) in [6.07, 6.45) is 0.982. The predicted octanol–water partition coefficient (Wildman–Crippen LogP) is 2.66. The molecule has 1 heterocycles. The molecule has 7 nitrogen and oxygen atoms in total. The molecular formula is C15H11NO6S2. The van der Waals surface area contributed by atoms with E-state index >= 15 is 0 Å². The van der Waals surface area contributed by atoms with Crippen LogP contribution in [0.15, 0.2) is 44.5 Å². The van der Waals surface area contributed by atoms with E-state index < -0.39 is 11.9 Å². The van der Waals surface area contributed by atoms with Gasteiger partial charge in [-0.25, -0.2) is 9.64 Å². The van der Waals surface area contributed by atoms with Crippen LogP contribution in [0, 0.1) is 6.57 Å². The smallest absolute Gasteiger partial charge is 0.338 e. The maximum absolute atomic E-state index is 12.0. The lowest BCUT2D eigenvalue weighted by Gasteiger charge is -2.05. The number of phenolic OH excluding ortho intramolecular Hbond substituents is 2. The molecular weight excluding hydrogens is 354 g/mol. The predicted molar refractivity (Wildman–Crippen MR) is 87.2 cm³/mol. The molecule has 1 aliphatic heterocycles. The maximum Gasteiger partial charge on any atom is 0.338 e. The lowest BCUT2D eigenvalue weighted by atomic mass is 10.3. The van der Waals surface area contributed by atoms with Crippen molar-refractivity contribution in [3.05, 3.63) is 46.1 Å². The van der Waals surface area contributed by atoms with Gasteiger partial charge in [-0.15, -0.1) is 0 Å². The lowest BCUT2D eigenvalue weighted by molar-refractivity contribution is -0.146. The number of phenols is 2. The van der Waals surface area contributed by atoms with Crippen LogP contribution in [-0.4, -0.2) is 35.4 Å². The molecule has 0 spiro atoms. The van der Waals surface area contributed by atoms with Gasteiger partial charge in [0.05, 0.1) is 20.6 Å². The van der Waals surface area contributed by atoms with Gasteiger partial charge in [-0.2, -0.15) is 0 Å². The van der Waals surface area contributed by atoms with Crippen LogP contribution in [0.2, 0.25) is 0 Å². The van der Waals surface area contributed by atoms with Gasteiger partial charge in [0.2, 0.25) is 0 Å². The van der Waals surface area contributed by atoms with Crippen LogP contribution < -0.4 is 0 Å². The molecule has 0 saturated heterocycles. The Kier molecular flexibility index (Phi) is 5.78. The number of carbonyl (C=O) groups excluding carboxylic acids is 2. The van der Waals surface area contributed by atoms with Crippen molar-refractivity contribution in [2.24, 2.45) is 0 Å². The molecule has 1 aromatic carbocycles. The summed E-state index contributed by atoms with van der Waals surface area (Å²) in [7, 11) is 0. The molecule has 2 N–H and O–H groups in total. The molecule has 1 aliphatic rings. The second-order valence-corrected chi connectivity index (χ2v) is 6.52. The molecule has 24 heavy (non-hydrogen) atoms. The van der Waals surface area contributed by atoms with Crippen LogP contribution in [0.25, 0.3) is 4.85 Å². The molecule has 0 atom stereocenters. The zero-order valence-corrected chi connectivity index (χ0v) is 13.8. The fourth-order valence-corrected chi connectivity index (χ4v) is 4.10. The second kappa shape index (κ2) is 7.81. The van der Waals surface area contributed by atoms with Gasteiger partial charge < -0.3 is 19.7 Å². The van der Waals surface area contributed by atoms with E-state index in [2.05, 4.69) is 16.2 Å². The molecule has 0 unspecified atom stereocenters. The summed E-state index contributed by atoms with van der Waals surface area (Å²) in [5.74, 6) is -1.62. The minimum absolute atomic E-state index is 0.0515. The molecule has 1 aromatic rings. The van der Waals surface area contributed by atoms with Gasteiger partial charge in [0.1, 0.15) is 24.7 Å².